The van der Waals surface area contributed by atoms with E-state index >= 15 is 0 Å². The maximum absolute atomic E-state index is 12.6. The number of carbonyl (C=O) groups excluding carboxylic acids is 1. The summed E-state index contributed by atoms with van der Waals surface area (Å²) in [6.45, 7) is 5.08. The van der Waals surface area contributed by atoms with Crippen molar-refractivity contribution in [2.24, 2.45) is 11.7 Å². The lowest BCUT2D eigenvalue weighted by molar-refractivity contribution is -0.124. The zero-order chi connectivity index (χ0) is 17.5. The van der Waals surface area contributed by atoms with Gasteiger partial charge in [-0.15, -0.1) is 0 Å². The van der Waals surface area contributed by atoms with E-state index < -0.39 is 0 Å². The molecule has 132 valence electrons. The van der Waals surface area contributed by atoms with Crippen molar-refractivity contribution in [3.8, 4) is 0 Å². The fourth-order valence-corrected chi connectivity index (χ4v) is 2.63. The summed E-state index contributed by atoms with van der Waals surface area (Å²) in [5.74, 6) is 1.52. The molecule has 0 aliphatic rings. The molecule has 2 unspecified atom stereocenters. The molecule has 2 rings (SSSR count). The molecule has 0 aliphatic carbocycles. The number of benzene rings is 1. The van der Waals surface area contributed by atoms with Gasteiger partial charge >= 0.3 is 0 Å². The van der Waals surface area contributed by atoms with Crippen molar-refractivity contribution in [3.63, 3.8) is 0 Å². The first kappa shape index (κ1) is 18.8. The summed E-state index contributed by atoms with van der Waals surface area (Å²) in [6.07, 6.45) is 0.909. The van der Waals surface area contributed by atoms with Gasteiger partial charge in [0.05, 0.1) is 23.6 Å². The Bertz CT molecular complexity index is 626. The Labute approximate surface area is 148 Å². The third-order valence-corrected chi connectivity index (χ3v) is 4.67. The van der Waals surface area contributed by atoms with Gasteiger partial charge in [-0.05, 0) is 18.1 Å². The van der Waals surface area contributed by atoms with Crippen LogP contribution in [0.1, 0.15) is 26.1 Å². The Kier molecular flexibility index (Phi) is 7.08. The molecule has 7 heteroatoms. The van der Waals surface area contributed by atoms with Gasteiger partial charge < -0.3 is 21.4 Å². The topological polar surface area (TPSA) is 95.8 Å². The molecule has 0 aliphatic heterocycles. The van der Waals surface area contributed by atoms with Crippen LogP contribution in [0.15, 0.2) is 24.3 Å². The highest BCUT2D eigenvalue weighted by atomic mass is 32.1. The van der Waals surface area contributed by atoms with Gasteiger partial charge in [-0.25, -0.2) is 4.98 Å². The number of nitrogens with zero attached hydrogens (tertiary/aromatic N) is 1. The molecule has 1 aromatic carbocycles. The third-order valence-electron chi connectivity index (χ3n) is 4.20. The Hall–Kier alpha value is -1.57. The van der Waals surface area contributed by atoms with Gasteiger partial charge in [-0.3, -0.25) is 4.79 Å². The van der Waals surface area contributed by atoms with Crippen LogP contribution in [0, 0.1) is 5.92 Å². The Morgan fingerprint density at radius 2 is 2.17 bits per heavy atom. The number of para-hydroxylation sites is 2. The second kappa shape index (κ2) is 9.05. The maximum atomic E-state index is 12.6. The molecule has 24 heavy (non-hydrogen) atoms. The predicted octanol–water partition coefficient (Wildman–Crippen LogP) is 1.44. The largest absolute Gasteiger partial charge is 0.348 e. The van der Waals surface area contributed by atoms with Gasteiger partial charge in [0.25, 0.3) is 0 Å². The molecular formula is C17H27N5OS. The lowest BCUT2D eigenvalue weighted by Gasteiger charge is -2.24. The van der Waals surface area contributed by atoms with E-state index in [1.807, 2.05) is 24.3 Å². The zero-order valence-corrected chi connectivity index (χ0v) is 15.1. The number of amides is 1. The van der Waals surface area contributed by atoms with Crippen LogP contribution >= 0.6 is 12.6 Å². The van der Waals surface area contributed by atoms with Crippen molar-refractivity contribution in [1.82, 2.24) is 20.6 Å². The Morgan fingerprint density at radius 1 is 1.42 bits per heavy atom. The summed E-state index contributed by atoms with van der Waals surface area (Å²) < 4.78 is 0. The molecule has 1 amide bonds. The van der Waals surface area contributed by atoms with E-state index in [-0.39, 0.29) is 23.9 Å². The quantitative estimate of drug-likeness (QED) is 0.443. The number of rotatable bonds is 9. The first-order valence-corrected chi connectivity index (χ1v) is 8.99. The molecule has 2 aromatic rings. The highest BCUT2D eigenvalue weighted by Crippen LogP contribution is 2.11. The summed E-state index contributed by atoms with van der Waals surface area (Å²) in [4.78, 5) is 20.2. The zero-order valence-electron chi connectivity index (χ0n) is 14.2. The molecular weight excluding hydrogens is 322 g/mol. The SMILES string of the molecule is CCC(C)[C@H](NCC(N)CS)C(=O)NCc1nc2ccccc2[nH]1. The number of nitrogens with one attached hydrogen (secondary N) is 3. The van der Waals surface area contributed by atoms with Gasteiger partial charge in [0, 0.05) is 18.3 Å². The maximum Gasteiger partial charge on any atom is 0.237 e. The average Bonchev–Trinajstić information content (AvgIpc) is 3.02. The first-order chi connectivity index (χ1) is 11.5. The van der Waals surface area contributed by atoms with Crippen LogP contribution in [0.4, 0.5) is 0 Å². The van der Waals surface area contributed by atoms with Crippen LogP contribution in [0.5, 0.6) is 0 Å². The summed E-state index contributed by atoms with van der Waals surface area (Å²) in [7, 11) is 0. The minimum atomic E-state index is -0.273. The van der Waals surface area contributed by atoms with Gasteiger partial charge in [-0.2, -0.15) is 12.6 Å². The van der Waals surface area contributed by atoms with Crippen LogP contribution in [0.3, 0.4) is 0 Å². The Morgan fingerprint density at radius 3 is 2.83 bits per heavy atom. The number of aromatic amines is 1. The Balaban J connectivity index is 1.95. The number of nitrogens with two attached hydrogens (primary N) is 1. The van der Waals surface area contributed by atoms with Crippen LogP contribution in [-0.2, 0) is 11.3 Å². The molecule has 0 fully saturated rings. The van der Waals surface area contributed by atoms with Gasteiger partial charge in [0.1, 0.15) is 5.82 Å². The second-order valence-corrected chi connectivity index (χ2v) is 6.50. The molecule has 6 nitrogen and oxygen atoms in total. The van der Waals surface area contributed by atoms with Crippen molar-refractivity contribution in [2.45, 2.75) is 38.9 Å². The molecule has 3 atom stereocenters. The lowest BCUT2D eigenvalue weighted by atomic mass is 9.98. The second-order valence-electron chi connectivity index (χ2n) is 6.13. The molecule has 1 heterocycles. The molecule has 0 bridgehead atoms. The molecule has 5 N–H and O–H groups in total. The highest BCUT2D eigenvalue weighted by molar-refractivity contribution is 7.80. The molecule has 0 saturated heterocycles. The predicted molar refractivity (Wildman–Crippen MR) is 101 cm³/mol. The minimum absolute atomic E-state index is 0.0313. The summed E-state index contributed by atoms with van der Waals surface area (Å²) in [5.41, 5.74) is 7.76. The van der Waals surface area contributed by atoms with Crippen molar-refractivity contribution in [3.05, 3.63) is 30.1 Å². The number of aromatic nitrogens is 2. The minimum Gasteiger partial charge on any atom is -0.348 e. The summed E-state index contributed by atoms with van der Waals surface area (Å²) in [5, 5.41) is 6.23. The van der Waals surface area contributed by atoms with Crippen molar-refractivity contribution in [2.75, 3.05) is 12.3 Å². The lowest BCUT2D eigenvalue weighted by Crippen LogP contribution is -2.51. The number of fused-ring (bicyclic) bond motifs is 1. The van der Waals surface area contributed by atoms with E-state index in [0.29, 0.717) is 18.8 Å². The van der Waals surface area contributed by atoms with Crippen LogP contribution in [-0.4, -0.2) is 40.3 Å². The summed E-state index contributed by atoms with van der Waals surface area (Å²) in [6, 6.07) is 7.47. The van der Waals surface area contributed by atoms with E-state index in [4.69, 9.17) is 5.73 Å². The normalized spacial score (nSPS) is 15.2. The number of imidazole rings is 1. The summed E-state index contributed by atoms with van der Waals surface area (Å²) >= 11 is 4.18. The van der Waals surface area contributed by atoms with Gasteiger partial charge in [0.2, 0.25) is 5.91 Å². The average molecular weight is 350 g/mol. The molecule has 1 aromatic heterocycles. The smallest absolute Gasteiger partial charge is 0.237 e. The number of H-pyrrole nitrogens is 1. The van der Waals surface area contributed by atoms with Crippen LogP contribution < -0.4 is 16.4 Å². The highest BCUT2D eigenvalue weighted by Gasteiger charge is 2.24. The number of hydrogen-bond acceptors (Lipinski definition) is 5. The van der Waals surface area contributed by atoms with Crippen LogP contribution in [0.2, 0.25) is 0 Å². The van der Waals surface area contributed by atoms with Gasteiger partial charge in [0.15, 0.2) is 0 Å². The number of hydrogen-bond donors (Lipinski definition) is 5. The van der Waals surface area contributed by atoms with Crippen molar-refractivity contribution in [1.29, 1.82) is 0 Å². The third kappa shape index (κ3) is 4.96. The van der Waals surface area contributed by atoms with E-state index in [9.17, 15) is 4.79 Å². The monoisotopic (exact) mass is 349 g/mol. The number of carbonyl (C=O) groups is 1. The number of thiol groups is 1. The standard InChI is InChI=1S/C17H27N5OS/c1-3-11(2)16(19-8-12(18)10-24)17(23)20-9-15-21-13-6-4-5-7-14(13)22-15/h4-7,11-12,16,19,24H,3,8-10,18H2,1-2H3,(H,20,23)(H,21,22)/t11?,12?,16-/m0/s1. The van der Waals surface area contributed by atoms with E-state index in [1.165, 1.54) is 0 Å². The fourth-order valence-electron chi connectivity index (χ4n) is 2.50. The first-order valence-electron chi connectivity index (χ1n) is 8.36. The van der Waals surface area contributed by atoms with E-state index in [0.717, 1.165) is 23.3 Å². The van der Waals surface area contributed by atoms with Crippen LogP contribution in [0.25, 0.3) is 11.0 Å². The fraction of sp³-hybridized carbons (Fsp3) is 0.529. The molecule has 0 radical (unpaired) electrons. The van der Waals surface area contributed by atoms with Crippen molar-refractivity contribution < 1.29 is 4.79 Å². The van der Waals surface area contributed by atoms with E-state index in [1.54, 1.807) is 0 Å². The van der Waals surface area contributed by atoms with Crippen molar-refractivity contribution >= 4 is 29.6 Å². The van der Waals surface area contributed by atoms with E-state index in [2.05, 4.69) is 47.1 Å². The van der Waals surface area contributed by atoms with Gasteiger partial charge in [-0.1, -0.05) is 32.4 Å². The molecule has 0 spiro atoms. The molecule has 0 saturated carbocycles.